The quantitative estimate of drug-likeness (QED) is 0.711. The van der Waals surface area contributed by atoms with E-state index in [-0.39, 0.29) is 12.0 Å². The van der Waals surface area contributed by atoms with E-state index in [0.717, 1.165) is 32.1 Å². The van der Waals surface area contributed by atoms with E-state index in [1.54, 1.807) is 0 Å². The molecule has 1 aliphatic rings. The molecule has 1 saturated heterocycles. The lowest BCUT2D eigenvalue weighted by Crippen LogP contribution is -2.19. The van der Waals surface area contributed by atoms with Gasteiger partial charge in [0.15, 0.2) is 0 Å². The van der Waals surface area contributed by atoms with Gasteiger partial charge in [-0.05, 0) is 18.8 Å². The summed E-state index contributed by atoms with van der Waals surface area (Å²) in [6.45, 7) is 4.31. The fourth-order valence-corrected chi connectivity index (χ4v) is 2.80. The Labute approximate surface area is 91.6 Å². The first-order valence-electron chi connectivity index (χ1n) is 5.67. The Bertz CT molecular complexity index is 229. The molecule has 0 bridgehead atoms. The third-order valence-corrected chi connectivity index (χ3v) is 3.70. The van der Waals surface area contributed by atoms with E-state index in [2.05, 4.69) is 0 Å². The highest BCUT2D eigenvalue weighted by Gasteiger charge is 2.28. The van der Waals surface area contributed by atoms with Crippen molar-refractivity contribution < 1.29 is 18.5 Å². The van der Waals surface area contributed by atoms with E-state index in [4.69, 9.17) is 9.05 Å². The predicted molar refractivity (Wildman–Crippen MR) is 58.6 cm³/mol. The highest BCUT2D eigenvalue weighted by molar-refractivity contribution is 7.47. The second-order valence-electron chi connectivity index (χ2n) is 4.39. The summed E-state index contributed by atoms with van der Waals surface area (Å²) in [6, 6.07) is 0. The average Bonchev–Trinajstić information content (AvgIpc) is 2.14. The summed E-state index contributed by atoms with van der Waals surface area (Å²) in [5.41, 5.74) is 0. The molecular formula is C10H21O4P. The first-order valence-corrected chi connectivity index (χ1v) is 7.16. The summed E-state index contributed by atoms with van der Waals surface area (Å²) >= 11 is 0. The van der Waals surface area contributed by atoms with Crippen LogP contribution in [0.3, 0.4) is 0 Å². The van der Waals surface area contributed by atoms with Crippen LogP contribution in [0.15, 0.2) is 0 Å². The summed E-state index contributed by atoms with van der Waals surface area (Å²) < 4.78 is 21.5. The largest absolute Gasteiger partial charge is 0.472 e. The Balaban J connectivity index is 2.58. The topological polar surface area (TPSA) is 55.8 Å². The van der Waals surface area contributed by atoms with Crippen LogP contribution in [0.2, 0.25) is 0 Å². The molecule has 1 N–H and O–H groups in total. The fraction of sp³-hybridized carbons (Fsp3) is 1.00. The Morgan fingerprint density at radius 3 is 2.60 bits per heavy atom. The molecule has 0 radical (unpaired) electrons. The predicted octanol–water partition coefficient (Wildman–Crippen LogP) is 3.11. The van der Waals surface area contributed by atoms with Crippen LogP contribution < -0.4 is 0 Å². The molecule has 1 heterocycles. The normalized spacial score (nSPS) is 35.3. The van der Waals surface area contributed by atoms with Crippen molar-refractivity contribution >= 4 is 7.82 Å². The third-order valence-electron chi connectivity index (χ3n) is 2.65. The third kappa shape index (κ3) is 5.12. The first-order chi connectivity index (χ1) is 7.01. The maximum atomic E-state index is 11.5. The molecule has 90 valence electrons. The molecule has 4 nitrogen and oxygen atoms in total. The molecule has 0 aliphatic carbocycles. The lowest BCUT2D eigenvalue weighted by atomic mass is 10.0. The van der Waals surface area contributed by atoms with Gasteiger partial charge in [0, 0.05) is 0 Å². The maximum Gasteiger partial charge on any atom is 0.472 e. The molecule has 1 aliphatic heterocycles. The molecule has 0 saturated carbocycles. The monoisotopic (exact) mass is 236 g/mol. The second kappa shape index (κ2) is 6.00. The van der Waals surface area contributed by atoms with Crippen LogP contribution >= 0.6 is 7.82 Å². The maximum absolute atomic E-state index is 11.5. The van der Waals surface area contributed by atoms with Gasteiger partial charge in [-0.25, -0.2) is 4.57 Å². The van der Waals surface area contributed by atoms with Crippen LogP contribution in [0, 0.1) is 5.92 Å². The number of phosphoric acid groups is 1. The van der Waals surface area contributed by atoms with Crippen molar-refractivity contribution in [3.63, 3.8) is 0 Å². The van der Waals surface area contributed by atoms with E-state index in [1.807, 2.05) is 13.8 Å². The van der Waals surface area contributed by atoms with E-state index in [1.165, 1.54) is 0 Å². The molecule has 0 amide bonds. The SMILES string of the molecule is CC(C)C1CCCCCCOP(=O)(O)O1. The average molecular weight is 236 g/mol. The number of phosphoric ester groups is 1. The standard InChI is InChI=1S/C10H21O4P/c1-9(2)10-7-5-3-4-6-8-13-15(11,12)14-10/h9-10H,3-8H2,1-2H3,(H,11,12). The molecular weight excluding hydrogens is 215 g/mol. The first kappa shape index (κ1) is 13.2. The lowest BCUT2D eigenvalue weighted by Gasteiger charge is -2.24. The van der Waals surface area contributed by atoms with Crippen molar-refractivity contribution in [2.75, 3.05) is 6.61 Å². The zero-order chi connectivity index (χ0) is 11.3. The van der Waals surface area contributed by atoms with Gasteiger partial charge < -0.3 is 4.89 Å². The Hall–Kier alpha value is 0.110. The molecule has 0 aromatic rings. The van der Waals surface area contributed by atoms with Crippen LogP contribution in [0.5, 0.6) is 0 Å². The molecule has 15 heavy (non-hydrogen) atoms. The van der Waals surface area contributed by atoms with E-state index in [0.29, 0.717) is 6.61 Å². The van der Waals surface area contributed by atoms with E-state index in [9.17, 15) is 9.46 Å². The zero-order valence-corrected chi connectivity index (χ0v) is 10.4. The minimum Gasteiger partial charge on any atom is -0.302 e. The van der Waals surface area contributed by atoms with Gasteiger partial charge in [-0.1, -0.05) is 33.1 Å². The zero-order valence-electron chi connectivity index (χ0n) is 9.52. The van der Waals surface area contributed by atoms with Gasteiger partial charge in [-0.2, -0.15) is 0 Å². The van der Waals surface area contributed by atoms with Gasteiger partial charge in [-0.3, -0.25) is 9.05 Å². The van der Waals surface area contributed by atoms with Gasteiger partial charge in [0.1, 0.15) is 0 Å². The van der Waals surface area contributed by atoms with Gasteiger partial charge in [0.2, 0.25) is 0 Å². The lowest BCUT2D eigenvalue weighted by molar-refractivity contribution is 0.0673. The van der Waals surface area contributed by atoms with Crippen LogP contribution in [0.1, 0.15) is 46.0 Å². The summed E-state index contributed by atoms with van der Waals surface area (Å²) in [6.07, 6.45) is 4.77. The molecule has 0 spiro atoms. The molecule has 5 heteroatoms. The smallest absolute Gasteiger partial charge is 0.302 e. The van der Waals surface area contributed by atoms with Crippen LogP contribution in [0.4, 0.5) is 0 Å². The molecule has 2 unspecified atom stereocenters. The summed E-state index contributed by atoms with van der Waals surface area (Å²) in [4.78, 5) is 9.43. The molecule has 0 aromatic carbocycles. The van der Waals surface area contributed by atoms with Gasteiger partial charge in [0.25, 0.3) is 0 Å². The van der Waals surface area contributed by atoms with Crippen molar-refractivity contribution in [2.24, 2.45) is 5.92 Å². The molecule has 1 rings (SSSR count). The summed E-state index contributed by atoms with van der Waals surface area (Å²) in [7, 11) is -3.81. The highest BCUT2D eigenvalue weighted by atomic mass is 31.2. The van der Waals surface area contributed by atoms with Gasteiger partial charge in [-0.15, -0.1) is 0 Å². The minimum atomic E-state index is -3.81. The molecule has 2 atom stereocenters. The van der Waals surface area contributed by atoms with E-state index >= 15 is 0 Å². The number of rotatable bonds is 1. The van der Waals surface area contributed by atoms with E-state index < -0.39 is 7.82 Å². The Morgan fingerprint density at radius 2 is 1.93 bits per heavy atom. The number of hydrogen-bond acceptors (Lipinski definition) is 3. The second-order valence-corrected chi connectivity index (χ2v) is 5.80. The Kier molecular flexibility index (Phi) is 5.27. The molecule has 0 aromatic heterocycles. The van der Waals surface area contributed by atoms with Gasteiger partial charge in [0.05, 0.1) is 12.7 Å². The Morgan fingerprint density at radius 1 is 1.27 bits per heavy atom. The van der Waals surface area contributed by atoms with Crippen LogP contribution in [-0.4, -0.2) is 17.6 Å². The van der Waals surface area contributed by atoms with Crippen molar-refractivity contribution in [1.29, 1.82) is 0 Å². The van der Waals surface area contributed by atoms with Crippen molar-refractivity contribution in [2.45, 2.75) is 52.1 Å². The van der Waals surface area contributed by atoms with Crippen molar-refractivity contribution in [3.05, 3.63) is 0 Å². The summed E-state index contributed by atoms with van der Waals surface area (Å²) in [5.74, 6) is 0.244. The highest BCUT2D eigenvalue weighted by Crippen LogP contribution is 2.46. The van der Waals surface area contributed by atoms with Crippen LogP contribution in [0.25, 0.3) is 0 Å². The fourth-order valence-electron chi connectivity index (χ4n) is 1.69. The minimum absolute atomic E-state index is 0.168. The molecule has 1 fully saturated rings. The van der Waals surface area contributed by atoms with Crippen molar-refractivity contribution in [3.8, 4) is 0 Å². The van der Waals surface area contributed by atoms with Crippen molar-refractivity contribution in [1.82, 2.24) is 0 Å². The van der Waals surface area contributed by atoms with Crippen LogP contribution in [-0.2, 0) is 13.6 Å². The summed E-state index contributed by atoms with van der Waals surface area (Å²) in [5, 5.41) is 0. The van der Waals surface area contributed by atoms with Gasteiger partial charge >= 0.3 is 7.82 Å². The number of hydrogen-bond donors (Lipinski definition) is 1.